The van der Waals surface area contributed by atoms with E-state index in [2.05, 4.69) is 0 Å². The van der Waals surface area contributed by atoms with Crippen molar-refractivity contribution in [3.63, 3.8) is 0 Å². The maximum atomic E-state index is 12.3. The summed E-state index contributed by atoms with van der Waals surface area (Å²) >= 11 is 0. The van der Waals surface area contributed by atoms with Crippen molar-refractivity contribution in [3.05, 3.63) is 34.4 Å². The Kier molecular flexibility index (Phi) is 3.57. The van der Waals surface area contributed by atoms with Gasteiger partial charge in [-0.3, -0.25) is 10.1 Å². The van der Waals surface area contributed by atoms with Crippen molar-refractivity contribution in [3.8, 4) is 0 Å². The first kappa shape index (κ1) is 14.9. The Balaban J connectivity index is 2.19. The van der Waals surface area contributed by atoms with E-state index in [1.54, 1.807) is 0 Å². The van der Waals surface area contributed by atoms with Crippen molar-refractivity contribution in [1.29, 1.82) is 0 Å². The second-order valence-corrected chi connectivity index (χ2v) is 7.22. The second kappa shape index (κ2) is 4.80. The Labute approximate surface area is 117 Å². The summed E-state index contributed by atoms with van der Waals surface area (Å²) in [6.07, 6.45) is 0. The molecule has 1 N–H and O–H groups in total. The monoisotopic (exact) mass is 300 g/mol. The summed E-state index contributed by atoms with van der Waals surface area (Å²) in [4.78, 5) is 9.94. The van der Waals surface area contributed by atoms with Crippen LogP contribution in [0.25, 0.3) is 0 Å². The van der Waals surface area contributed by atoms with Crippen LogP contribution in [-0.4, -0.2) is 41.4 Å². The summed E-state index contributed by atoms with van der Waals surface area (Å²) in [6.45, 7) is 3.75. The van der Waals surface area contributed by atoms with Crippen LogP contribution in [0.15, 0.2) is 29.2 Å². The molecule has 0 atom stereocenters. The maximum absolute atomic E-state index is 12.3. The Hall–Kier alpha value is -1.51. The van der Waals surface area contributed by atoms with Gasteiger partial charge in [-0.05, 0) is 18.1 Å². The van der Waals surface area contributed by atoms with E-state index in [1.807, 2.05) is 13.8 Å². The number of nitro groups is 1. The Morgan fingerprint density at radius 2 is 1.80 bits per heavy atom. The second-order valence-electron chi connectivity index (χ2n) is 5.28. The Morgan fingerprint density at radius 3 is 2.20 bits per heavy atom. The minimum atomic E-state index is -3.70. The Bertz CT molecular complexity index is 618. The summed E-state index contributed by atoms with van der Waals surface area (Å²) in [7, 11) is -3.70. The highest BCUT2D eigenvalue weighted by atomic mass is 32.2. The van der Waals surface area contributed by atoms with Gasteiger partial charge in [0.2, 0.25) is 10.0 Å². The van der Waals surface area contributed by atoms with Gasteiger partial charge in [-0.1, -0.05) is 13.8 Å². The van der Waals surface area contributed by atoms with Crippen molar-refractivity contribution >= 4 is 15.7 Å². The fourth-order valence-corrected chi connectivity index (χ4v) is 3.55. The van der Waals surface area contributed by atoms with Crippen molar-refractivity contribution in [2.45, 2.75) is 24.3 Å². The van der Waals surface area contributed by atoms with Crippen LogP contribution < -0.4 is 0 Å². The molecule has 0 aromatic heterocycles. The molecule has 110 valence electrons. The SMILES string of the molecule is CC(C)C1(O)CN(S(=O)(=O)c2ccc([N+](=O)[O-])cc2)C1. The molecule has 0 saturated carbocycles. The highest BCUT2D eigenvalue weighted by Crippen LogP contribution is 2.33. The molecular weight excluding hydrogens is 284 g/mol. The third-order valence-corrected chi connectivity index (χ3v) is 5.47. The first-order valence-electron chi connectivity index (χ1n) is 6.14. The van der Waals surface area contributed by atoms with Crippen LogP contribution in [0.4, 0.5) is 5.69 Å². The molecule has 0 unspecified atom stereocenters. The molecule has 1 heterocycles. The number of nitrogens with zero attached hydrogens (tertiary/aromatic N) is 2. The van der Waals surface area contributed by atoms with Crippen molar-refractivity contribution in [1.82, 2.24) is 4.31 Å². The lowest BCUT2D eigenvalue weighted by Gasteiger charge is -2.47. The molecule has 7 nitrogen and oxygen atoms in total. The van der Waals surface area contributed by atoms with Gasteiger partial charge in [-0.2, -0.15) is 4.31 Å². The zero-order valence-corrected chi connectivity index (χ0v) is 12.0. The maximum Gasteiger partial charge on any atom is 0.269 e. The predicted octanol–water partition coefficient (Wildman–Crippen LogP) is 0.986. The first-order valence-corrected chi connectivity index (χ1v) is 7.58. The number of hydrogen-bond acceptors (Lipinski definition) is 5. The average molecular weight is 300 g/mol. The van der Waals surface area contributed by atoms with Gasteiger partial charge in [0.15, 0.2) is 0 Å². The molecule has 20 heavy (non-hydrogen) atoms. The van der Waals surface area contributed by atoms with E-state index in [9.17, 15) is 23.6 Å². The zero-order valence-electron chi connectivity index (χ0n) is 11.2. The highest BCUT2D eigenvalue weighted by molar-refractivity contribution is 7.89. The van der Waals surface area contributed by atoms with Gasteiger partial charge in [-0.15, -0.1) is 0 Å². The van der Waals surface area contributed by atoms with E-state index in [4.69, 9.17) is 0 Å². The standard InChI is InChI=1S/C12H16N2O5S/c1-9(2)12(15)7-13(8-12)20(18,19)11-5-3-10(4-6-11)14(16)17/h3-6,9,15H,7-8H2,1-2H3. The van der Waals surface area contributed by atoms with Crippen LogP contribution >= 0.6 is 0 Å². The van der Waals surface area contributed by atoms with Gasteiger partial charge >= 0.3 is 0 Å². The summed E-state index contributed by atoms with van der Waals surface area (Å²) in [5.74, 6) is -0.0363. The van der Waals surface area contributed by atoms with Crippen molar-refractivity contribution in [2.24, 2.45) is 5.92 Å². The minimum absolute atomic E-state index is 0.00564. The predicted molar refractivity (Wildman–Crippen MR) is 71.6 cm³/mol. The van der Waals surface area contributed by atoms with Crippen molar-refractivity contribution in [2.75, 3.05) is 13.1 Å². The van der Waals surface area contributed by atoms with Gasteiger partial charge in [0.25, 0.3) is 5.69 Å². The molecule has 1 aromatic rings. The third-order valence-electron chi connectivity index (χ3n) is 3.66. The van der Waals surface area contributed by atoms with E-state index in [1.165, 1.54) is 16.4 Å². The Morgan fingerprint density at radius 1 is 1.30 bits per heavy atom. The highest BCUT2D eigenvalue weighted by Gasteiger charge is 2.49. The molecule has 1 aliphatic rings. The van der Waals surface area contributed by atoms with Gasteiger partial charge in [0.05, 0.1) is 15.4 Å². The molecular formula is C12H16N2O5S. The molecule has 0 amide bonds. The average Bonchev–Trinajstić information content (AvgIpc) is 2.34. The lowest BCUT2D eigenvalue weighted by Crippen LogP contribution is -2.65. The fourth-order valence-electron chi connectivity index (χ4n) is 1.99. The van der Waals surface area contributed by atoms with E-state index in [0.717, 1.165) is 12.1 Å². The van der Waals surface area contributed by atoms with Crippen LogP contribution in [0.2, 0.25) is 0 Å². The molecule has 2 rings (SSSR count). The van der Waals surface area contributed by atoms with E-state index < -0.39 is 20.5 Å². The summed E-state index contributed by atoms with van der Waals surface area (Å²) in [6, 6.07) is 4.73. The molecule has 1 aromatic carbocycles. The first-order chi connectivity index (χ1) is 9.17. The van der Waals surface area contributed by atoms with Gasteiger partial charge in [0.1, 0.15) is 0 Å². The lowest BCUT2D eigenvalue weighted by molar-refractivity contribution is -0.384. The molecule has 8 heteroatoms. The topological polar surface area (TPSA) is 101 Å². The molecule has 0 bridgehead atoms. The number of non-ortho nitro benzene ring substituents is 1. The van der Waals surface area contributed by atoms with E-state index >= 15 is 0 Å². The zero-order chi connectivity index (χ0) is 15.1. The molecule has 0 radical (unpaired) electrons. The lowest BCUT2D eigenvalue weighted by atomic mass is 9.85. The van der Waals surface area contributed by atoms with Crippen molar-refractivity contribution < 1.29 is 18.4 Å². The smallest absolute Gasteiger partial charge is 0.269 e. The van der Waals surface area contributed by atoms with Crippen LogP contribution in [0.3, 0.4) is 0 Å². The molecule has 1 aliphatic heterocycles. The number of rotatable bonds is 4. The quantitative estimate of drug-likeness (QED) is 0.660. The largest absolute Gasteiger partial charge is 0.387 e. The summed E-state index contributed by atoms with van der Waals surface area (Å²) in [5.41, 5.74) is -1.15. The fraction of sp³-hybridized carbons (Fsp3) is 0.500. The number of hydrogen-bond donors (Lipinski definition) is 1. The molecule has 1 saturated heterocycles. The van der Waals surface area contributed by atoms with Crippen LogP contribution in [-0.2, 0) is 10.0 Å². The number of sulfonamides is 1. The van der Waals surface area contributed by atoms with E-state index in [-0.39, 0.29) is 29.6 Å². The number of β-amino-alcohol motifs (C(OH)–C–C–N with tert-alkyl or cyclic N) is 1. The summed E-state index contributed by atoms with van der Waals surface area (Å²) in [5, 5.41) is 20.6. The number of aliphatic hydroxyl groups is 1. The van der Waals surface area contributed by atoms with Crippen LogP contribution in [0.1, 0.15) is 13.8 Å². The van der Waals surface area contributed by atoms with Gasteiger partial charge in [-0.25, -0.2) is 8.42 Å². The minimum Gasteiger partial charge on any atom is -0.387 e. The molecule has 1 fully saturated rings. The van der Waals surface area contributed by atoms with Crippen LogP contribution in [0, 0.1) is 16.0 Å². The van der Waals surface area contributed by atoms with Gasteiger partial charge < -0.3 is 5.11 Å². The number of nitro benzene ring substituents is 1. The molecule has 0 spiro atoms. The molecule has 0 aliphatic carbocycles. The van der Waals surface area contributed by atoms with Crippen LogP contribution in [0.5, 0.6) is 0 Å². The van der Waals surface area contributed by atoms with Gasteiger partial charge in [0, 0.05) is 25.2 Å². The number of benzene rings is 1. The normalized spacial score (nSPS) is 18.8. The van der Waals surface area contributed by atoms with E-state index in [0.29, 0.717) is 0 Å². The third kappa shape index (κ3) is 2.41. The summed E-state index contributed by atoms with van der Waals surface area (Å²) < 4.78 is 25.7.